The van der Waals surface area contributed by atoms with Crippen molar-refractivity contribution in [2.24, 2.45) is 11.1 Å². The van der Waals surface area contributed by atoms with E-state index >= 15 is 0 Å². The van der Waals surface area contributed by atoms with Gasteiger partial charge in [0.15, 0.2) is 0 Å². The van der Waals surface area contributed by atoms with Crippen molar-refractivity contribution in [1.82, 2.24) is 5.32 Å². The second-order valence-corrected chi connectivity index (χ2v) is 7.18. The third-order valence-electron chi connectivity index (χ3n) is 4.03. The van der Waals surface area contributed by atoms with Crippen LogP contribution < -0.4 is 11.1 Å². The van der Waals surface area contributed by atoms with Crippen LogP contribution in [0.3, 0.4) is 0 Å². The largest absolute Gasteiger partial charge is 0.349 e. The van der Waals surface area contributed by atoms with Gasteiger partial charge in [-0.15, -0.1) is 0 Å². The molecule has 0 aromatic heterocycles. The molecule has 1 amide bonds. The summed E-state index contributed by atoms with van der Waals surface area (Å²) in [7, 11) is 0. The van der Waals surface area contributed by atoms with Gasteiger partial charge in [0.1, 0.15) is 0 Å². The lowest BCUT2D eigenvalue weighted by Crippen LogP contribution is -2.36. The summed E-state index contributed by atoms with van der Waals surface area (Å²) in [6.07, 6.45) is 4.79. The van der Waals surface area contributed by atoms with Crippen molar-refractivity contribution in [1.29, 1.82) is 0 Å². The molecule has 1 aromatic rings. The number of hydrogen-bond acceptors (Lipinski definition) is 2. The Hall–Kier alpha value is -1.35. The summed E-state index contributed by atoms with van der Waals surface area (Å²) in [4.78, 5) is 12.3. The third kappa shape index (κ3) is 6.18. The molecular weight excluding hydrogens is 272 g/mol. The zero-order valence-electron chi connectivity index (χ0n) is 14.6. The van der Waals surface area contributed by atoms with E-state index in [0.29, 0.717) is 6.42 Å². The predicted molar refractivity (Wildman–Crippen MR) is 93.7 cm³/mol. The van der Waals surface area contributed by atoms with E-state index in [-0.39, 0.29) is 17.4 Å². The Bertz CT molecular complexity index is 463. The zero-order chi connectivity index (χ0) is 16.6. The average molecular weight is 304 g/mol. The molecule has 124 valence electrons. The number of carbonyl (C=O) groups is 1. The smallest absolute Gasteiger partial charge is 0.220 e. The molecule has 0 fully saturated rings. The summed E-state index contributed by atoms with van der Waals surface area (Å²) in [5.74, 6) is 0.149. The van der Waals surface area contributed by atoms with E-state index in [2.05, 4.69) is 45.1 Å². The maximum atomic E-state index is 12.3. The van der Waals surface area contributed by atoms with Crippen molar-refractivity contribution < 1.29 is 4.79 Å². The van der Waals surface area contributed by atoms with E-state index < -0.39 is 0 Å². The van der Waals surface area contributed by atoms with Crippen LogP contribution in [0.2, 0.25) is 0 Å². The van der Waals surface area contributed by atoms with Gasteiger partial charge >= 0.3 is 0 Å². The van der Waals surface area contributed by atoms with E-state index in [4.69, 9.17) is 5.73 Å². The molecule has 3 nitrogen and oxygen atoms in total. The molecule has 1 unspecified atom stereocenters. The van der Waals surface area contributed by atoms with Crippen molar-refractivity contribution in [2.45, 2.75) is 65.8 Å². The van der Waals surface area contributed by atoms with Crippen LogP contribution in [-0.2, 0) is 4.79 Å². The number of unbranched alkanes of at least 4 members (excludes halogenated alkanes) is 3. The van der Waals surface area contributed by atoms with E-state index in [1.807, 2.05) is 12.1 Å². The Morgan fingerprint density at radius 3 is 2.36 bits per heavy atom. The second-order valence-electron chi connectivity index (χ2n) is 7.18. The Labute approximate surface area is 135 Å². The van der Waals surface area contributed by atoms with Crippen molar-refractivity contribution in [3.05, 3.63) is 35.4 Å². The van der Waals surface area contributed by atoms with Gasteiger partial charge in [-0.1, -0.05) is 57.9 Å². The highest BCUT2D eigenvalue weighted by atomic mass is 16.1. The average Bonchev–Trinajstić information content (AvgIpc) is 2.44. The van der Waals surface area contributed by atoms with Crippen LogP contribution in [0, 0.1) is 12.3 Å². The molecular formula is C19H32N2O. The Balaban J connectivity index is 2.64. The molecule has 0 radical (unpaired) electrons. The van der Waals surface area contributed by atoms with Crippen LogP contribution >= 0.6 is 0 Å². The third-order valence-corrected chi connectivity index (χ3v) is 4.03. The molecule has 0 saturated heterocycles. The first-order valence-corrected chi connectivity index (χ1v) is 8.41. The van der Waals surface area contributed by atoms with Crippen LogP contribution in [0.4, 0.5) is 0 Å². The SMILES string of the molecule is Cc1ccccc1C(NC(=O)CCCCCCN)C(C)(C)C. The highest BCUT2D eigenvalue weighted by Gasteiger charge is 2.28. The number of aryl methyl sites for hydroxylation is 1. The molecule has 3 N–H and O–H groups in total. The Morgan fingerprint density at radius 1 is 1.14 bits per heavy atom. The maximum absolute atomic E-state index is 12.3. The molecule has 0 aliphatic rings. The number of carbonyl (C=O) groups excluding carboxylic acids is 1. The lowest BCUT2D eigenvalue weighted by atomic mass is 9.80. The summed E-state index contributed by atoms with van der Waals surface area (Å²) in [6.45, 7) is 9.36. The molecule has 1 atom stereocenters. The van der Waals surface area contributed by atoms with E-state index in [9.17, 15) is 4.79 Å². The van der Waals surface area contributed by atoms with Crippen LogP contribution in [-0.4, -0.2) is 12.5 Å². The van der Waals surface area contributed by atoms with E-state index in [1.54, 1.807) is 0 Å². The minimum absolute atomic E-state index is 0.0126. The van der Waals surface area contributed by atoms with Crippen molar-refractivity contribution in [3.63, 3.8) is 0 Å². The Kier molecular flexibility index (Phi) is 7.60. The van der Waals surface area contributed by atoms with Crippen molar-refractivity contribution in [3.8, 4) is 0 Å². The minimum Gasteiger partial charge on any atom is -0.349 e. The second kappa shape index (κ2) is 8.94. The van der Waals surface area contributed by atoms with E-state index in [0.717, 1.165) is 32.2 Å². The number of benzene rings is 1. The number of nitrogens with one attached hydrogen (secondary N) is 1. The first-order chi connectivity index (χ1) is 10.4. The van der Waals surface area contributed by atoms with Gasteiger partial charge in [-0.3, -0.25) is 4.79 Å². The summed E-state index contributed by atoms with van der Waals surface area (Å²) >= 11 is 0. The first-order valence-electron chi connectivity index (χ1n) is 8.41. The van der Waals surface area contributed by atoms with Gasteiger partial charge in [0.05, 0.1) is 6.04 Å². The fourth-order valence-electron chi connectivity index (χ4n) is 2.69. The van der Waals surface area contributed by atoms with Crippen LogP contribution in [0.15, 0.2) is 24.3 Å². The van der Waals surface area contributed by atoms with Gasteiger partial charge < -0.3 is 11.1 Å². The highest BCUT2D eigenvalue weighted by molar-refractivity contribution is 5.76. The molecule has 0 saturated carbocycles. The van der Waals surface area contributed by atoms with E-state index in [1.165, 1.54) is 11.1 Å². The highest BCUT2D eigenvalue weighted by Crippen LogP contribution is 2.34. The topological polar surface area (TPSA) is 55.1 Å². The maximum Gasteiger partial charge on any atom is 0.220 e. The van der Waals surface area contributed by atoms with Gasteiger partial charge in [0.2, 0.25) is 5.91 Å². The van der Waals surface area contributed by atoms with Crippen LogP contribution in [0.1, 0.15) is 70.0 Å². The molecule has 0 heterocycles. The number of rotatable bonds is 8. The van der Waals surface area contributed by atoms with Gasteiger partial charge in [-0.2, -0.15) is 0 Å². The van der Waals surface area contributed by atoms with Crippen LogP contribution in [0.5, 0.6) is 0 Å². The monoisotopic (exact) mass is 304 g/mol. The van der Waals surface area contributed by atoms with Gasteiger partial charge in [-0.05, 0) is 42.9 Å². The number of nitrogens with two attached hydrogens (primary N) is 1. The molecule has 3 heteroatoms. The number of hydrogen-bond donors (Lipinski definition) is 2. The van der Waals surface area contributed by atoms with Gasteiger partial charge in [-0.25, -0.2) is 0 Å². The molecule has 1 aromatic carbocycles. The fourth-order valence-corrected chi connectivity index (χ4v) is 2.69. The van der Waals surface area contributed by atoms with Crippen LogP contribution in [0.25, 0.3) is 0 Å². The minimum atomic E-state index is -0.0126. The molecule has 22 heavy (non-hydrogen) atoms. The molecule has 0 aliphatic carbocycles. The lowest BCUT2D eigenvalue weighted by Gasteiger charge is -2.33. The van der Waals surface area contributed by atoms with Gasteiger partial charge in [0, 0.05) is 6.42 Å². The number of amides is 1. The fraction of sp³-hybridized carbons (Fsp3) is 0.632. The normalized spacial score (nSPS) is 13.0. The summed E-state index contributed by atoms with van der Waals surface area (Å²) in [5, 5.41) is 3.24. The predicted octanol–water partition coefficient (Wildman–Crippen LogP) is 4.11. The lowest BCUT2D eigenvalue weighted by molar-refractivity contribution is -0.122. The zero-order valence-corrected chi connectivity index (χ0v) is 14.6. The first kappa shape index (κ1) is 18.7. The van der Waals surface area contributed by atoms with Crippen molar-refractivity contribution >= 4 is 5.91 Å². The standard InChI is InChI=1S/C19H32N2O/c1-15-11-8-9-12-16(15)18(19(2,3)4)21-17(22)13-7-5-6-10-14-20/h8-9,11-12,18H,5-7,10,13-14,20H2,1-4H3,(H,21,22). The summed E-state index contributed by atoms with van der Waals surface area (Å²) in [6, 6.07) is 8.35. The molecule has 0 spiro atoms. The summed E-state index contributed by atoms with van der Waals surface area (Å²) < 4.78 is 0. The molecule has 0 bridgehead atoms. The molecule has 0 aliphatic heterocycles. The Morgan fingerprint density at radius 2 is 1.77 bits per heavy atom. The quantitative estimate of drug-likeness (QED) is 0.710. The summed E-state index contributed by atoms with van der Waals surface area (Å²) in [5.41, 5.74) is 7.91. The van der Waals surface area contributed by atoms with Gasteiger partial charge in [0.25, 0.3) is 0 Å². The van der Waals surface area contributed by atoms with Crippen molar-refractivity contribution in [2.75, 3.05) is 6.54 Å². The molecule has 1 rings (SSSR count).